The zero-order chi connectivity index (χ0) is 16.6. The minimum atomic E-state index is -0.715. The van der Waals surface area contributed by atoms with E-state index in [0.29, 0.717) is 5.69 Å². The third kappa shape index (κ3) is 2.80. The fourth-order valence-electron chi connectivity index (χ4n) is 2.11. The van der Waals surface area contributed by atoms with Crippen LogP contribution in [0.4, 0.5) is 20.2 Å². The SMILES string of the molecule is O=C1C(Cl)=C(Nc2ccc(F)cc2)C(=O)N1c1ccc(F)cc1. The zero-order valence-corrected chi connectivity index (χ0v) is 12.3. The van der Waals surface area contributed by atoms with Crippen molar-refractivity contribution in [3.63, 3.8) is 0 Å². The van der Waals surface area contributed by atoms with E-state index >= 15 is 0 Å². The topological polar surface area (TPSA) is 49.4 Å². The number of hydrogen-bond acceptors (Lipinski definition) is 3. The van der Waals surface area contributed by atoms with Crippen molar-refractivity contribution in [2.75, 3.05) is 10.2 Å². The first-order valence-corrected chi connectivity index (χ1v) is 6.92. The van der Waals surface area contributed by atoms with Crippen molar-refractivity contribution < 1.29 is 18.4 Å². The van der Waals surface area contributed by atoms with E-state index < -0.39 is 23.4 Å². The van der Waals surface area contributed by atoms with Gasteiger partial charge in [-0.15, -0.1) is 0 Å². The summed E-state index contributed by atoms with van der Waals surface area (Å²) in [6, 6.07) is 10.1. The number of anilines is 2. The molecule has 0 saturated carbocycles. The molecule has 2 aromatic carbocycles. The van der Waals surface area contributed by atoms with Crippen LogP contribution in [0.1, 0.15) is 0 Å². The molecule has 4 nitrogen and oxygen atoms in total. The molecule has 1 heterocycles. The number of carbonyl (C=O) groups is 2. The summed E-state index contributed by atoms with van der Waals surface area (Å²) in [5.41, 5.74) is 0.490. The predicted molar refractivity (Wildman–Crippen MR) is 81.8 cm³/mol. The lowest BCUT2D eigenvalue weighted by atomic mass is 10.2. The average molecular weight is 335 g/mol. The molecule has 0 atom stereocenters. The second-order valence-corrected chi connectivity index (χ2v) is 5.12. The molecule has 0 aliphatic carbocycles. The highest BCUT2D eigenvalue weighted by Crippen LogP contribution is 2.30. The highest BCUT2D eigenvalue weighted by Gasteiger charge is 2.38. The van der Waals surface area contributed by atoms with E-state index in [1.165, 1.54) is 36.4 Å². The van der Waals surface area contributed by atoms with Gasteiger partial charge in [-0.3, -0.25) is 9.59 Å². The second-order valence-electron chi connectivity index (χ2n) is 4.74. The van der Waals surface area contributed by atoms with E-state index in [0.717, 1.165) is 17.0 Å². The molecule has 2 amide bonds. The van der Waals surface area contributed by atoms with Crippen LogP contribution < -0.4 is 10.2 Å². The maximum atomic E-state index is 13.0. The fraction of sp³-hybridized carbons (Fsp3) is 0. The number of nitrogens with zero attached hydrogens (tertiary/aromatic N) is 1. The van der Waals surface area contributed by atoms with Gasteiger partial charge in [0.25, 0.3) is 11.8 Å². The van der Waals surface area contributed by atoms with Gasteiger partial charge in [-0.25, -0.2) is 13.7 Å². The number of carbonyl (C=O) groups excluding carboxylic acids is 2. The van der Waals surface area contributed by atoms with Crippen molar-refractivity contribution in [2.24, 2.45) is 0 Å². The van der Waals surface area contributed by atoms with Gasteiger partial charge < -0.3 is 5.32 Å². The Hall–Kier alpha value is -2.73. The number of hydrogen-bond donors (Lipinski definition) is 1. The van der Waals surface area contributed by atoms with Gasteiger partial charge in [-0.2, -0.15) is 0 Å². The molecular weight excluding hydrogens is 326 g/mol. The number of nitrogens with one attached hydrogen (secondary N) is 1. The first-order chi connectivity index (χ1) is 11.0. The highest BCUT2D eigenvalue weighted by atomic mass is 35.5. The van der Waals surface area contributed by atoms with Gasteiger partial charge in [0.15, 0.2) is 0 Å². The molecular formula is C16H9ClF2N2O2. The average Bonchev–Trinajstić information content (AvgIpc) is 2.74. The lowest BCUT2D eigenvalue weighted by Gasteiger charge is -2.15. The quantitative estimate of drug-likeness (QED) is 0.875. The largest absolute Gasteiger partial charge is 0.350 e. The summed E-state index contributed by atoms with van der Waals surface area (Å²) in [7, 11) is 0. The van der Waals surface area contributed by atoms with Gasteiger partial charge in [-0.1, -0.05) is 11.6 Å². The summed E-state index contributed by atoms with van der Waals surface area (Å²) >= 11 is 5.94. The molecule has 7 heteroatoms. The molecule has 0 fully saturated rings. The molecule has 2 aromatic rings. The van der Waals surface area contributed by atoms with E-state index in [1.54, 1.807) is 0 Å². The molecule has 0 radical (unpaired) electrons. The van der Waals surface area contributed by atoms with Crippen molar-refractivity contribution in [3.05, 3.63) is 70.9 Å². The molecule has 0 unspecified atom stereocenters. The van der Waals surface area contributed by atoms with Crippen LogP contribution in [-0.4, -0.2) is 11.8 Å². The van der Waals surface area contributed by atoms with Crippen molar-refractivity contribution in [1.82, 2.24) is 0 Å². The summed E-state index contributed by atoms with van der Waals surface area (Å²) in [5.74, 6) is -2.31. The molecule has 0 spiro atoms. The Morgan fingerprint density at radius 1 is 0.826 bits per heavy atom. The van der Waals surface area contributed by atoms with E-state index in [4.69, 9.17) is 11.6 Å². The third-order valence-electron chi connectivity index (χ3n) is 3.23. The Labute approximate surface area is 135 Å². The summed E-state index contributed by atoms with van der Waals surface area (Å²) in [4.78, 5) is 25.4. The maximum Gasteiger partial charge on any atom is 0.283 e. The number of imide groups is 1. The number of benzene rings is 2. The van der Waals surface area contributed by atoms with Crippen LogP contribution >= 0.6 is 11.6 Å². The summed E-state index contributed by atoms with van der Waals surface area (Å²) in [6.07, 6.45) is 0. The summed E-state index contributed by atoms with van der Waals surface area (Å²) in [6.45, 7) is 0. The lowest BCUT2D eigenvalue weighted by Crippen LogP contribution is -2.32. The minimum Gasteiger partial charge on any atom is -0.350 e. The van der Waals surface area contributed by atoms with Gasteiger partial charge in [0.05, 0.1) is 5.69 Å². The highest BCUT2D eigenvalue weighted by molar-refractivity contribution is 6.53. The van der Waals surface area contributed by atoms with Gasteiger partial charge >= 0.3 is 0 Å². The van der Waals surface area contributed by atoms with Gasteiger partial charge in [0, 0.05) is 5.69 Å². The maximum absolute atomic E-state index is 13.0. The molecule has 1 N–H and O–H groups in total. The minimum absolute atomic E-state index is 0.118. The molecule has 23 heavy (non-hydrogen) atoms. The van der Waals surface area contributed by atoms with Crippen LogP contribution in [0, 0.1) is 11.6 Å². The fourth-order valence-corrected chi connectivity index (χ4v) is 2.33. The molecule has 1 aliphatic heterocycles. The van der Waals surface area contributed by atoms with Crippen molar-refractivity contribution in [3.8, 4) is 0 Å². The molecule has 0 bridgehead atoms. The summed E-state index contributed by atoms with van der Waals surface area (Å²) in [5, 5.41) is 2.42. The standard InChI is InChI=1S/C16H9ClF2N2O2/c17-13-14(20-11-5-1-9(18)2-6-11)16(23)21(15(13)22)12-7-3-10(19)4-8-12/h1-8,20H. The zero-order valence-electron chi connectivity index (χ0n) is 11.5. The van der Waals surface area contributed by atoms with Crippen molar-refractivity contribution in [2.45, 2.75) is 0 Å². The molecule has 1 aliphatic rings. The van der Waals surface area contributed by atoms with Gasteiger partial charge in [-0.05, 0) is 48.5 Å². The van der Waals surface area contributed by atoms with Crippen molar-refractivity contribution >= 4 is 34.8 Å². The smallest absolute Gasteiger partial charge is 0.283 e. The predicted octanol–water partition coefficient (Wildman–Crippen LogP) is 3.40. The van der Waals surface area contributed by atoms with Crippen LogP contribution in [0.3, 0.4) is 0 Å². The van der Waals surface area contributed by atoms with Crippen LogP contribution in [0.5, 0.6) is 0 Å². The number of amides is 2. The third-order valence-corrected chi connectivity index (χ3v) is 3.58. The summed E-state index contributed by atoms with van der Waals surface area (Å²) < 4.78 is 25.9. The van der Waals surface area contributed by atoms with Gasteiger partial charge in [0.1, 0.15) is 22.4 Å². The lowest BCUT2D eigenvalue weighted by molar-refractivity contribution is -0.120. The van der Waals surface area contributed by atoms with Crippen LogP contribution in [-0.2, 0) is 9.59 Å². The van der Waals surface area contributed by atoms with Crippen LogP contribution in [0.2, 0.25) is 0 Å². The van der Waals surface area contributed by atoms with Crippen LogP contribution in [0.15, 0.2) is 59.3 Å². The molecule has 3 rings (SSSR count). The number of rotatable bonds is 3. The Kier molecular flexibility index (Phi) is 3.83. The second kappa shape index (κ2) is 5.81. The normalized spacial score (nSPS) is 14.7. The van der Waals surface area contributed by atoms with E-state index in [1.807, 2.05) is 0 Å². The Bertz CT molecular complexity index is 817. The first-order valence-electron chi connectivity index (χ1n) is 6.54. The molecule has 0 saturated heterocycles. The van der Waals surface area contributed by atoms with Gasteiger partial charge in [0.2, 0.25) is 0 Å². The molecule has 116 valence electrons. The Balaban J connectivity index is 1.90. The Morgan fingerprint density at radius 3 is 1.91 bits per heavy atom. The molecule has 0 aromatic heterocycles. The van der Waals surface area contributed by atoms with Crippen molar-refractivity contribution in [1.29, 1.82) is 0 Å². The monoisotopic (exact) mass is 334 g/mol. The first kappa shape index (κ1) is 15.2. The van der Waals surface area contributed by atoms with E-state index in [2.05, 4.69) is 5.32 Å². The van der Waals surface area contributed by atoms with E-state index in [-0.39, 0.29) is 16.4 Å². The Morgan fingerprint density at radius 2 is 1.35 bits per heavy atom. The number of halogens is 3. The van der Waals surface area contributed by atoms with E-state index in [9.17, 15) is 18.4 Å². The van der Waals surface area contributed by atoms with Crippen LogP contribution in [0.25, 0.3) is 0 Å².